The van der Waals surface area contributed by atoms with Crippen molar-refractivity contribution < 1.29 is 32.2 Å². The zero-order valence-corrected chi connectivity index (χ0v) is 13.8. The van der Waals surface area contributed by atoms with Crippen LogP contribution in [0.25, 0.3) is 5.65 Å². The van der Waals surface area contributed by atoms with Gasteiger partial charge < -0.3 is 14.3 Å². The lowest BCUT2D eigenvalue weighted by Gasteiger charge is -2.09. The molecule has 0 aliphatic rings. The molecular weight excluding hydrogens is 371 g/mol. The molecule has 0 radical (unpaired) electrons. The molecule has 3 heterocycles. The van der Waals surface area contributed by atoms with Gasteiger partial charge in [0.15, 0.2) is 17.7 Å². The van der Waals surface area contributed by atoms with Crippen LogP contribution in [0.3, 0.4) is 0 Å². The van der Waals surface area contributed by atoms with Crippen LogP contribution in [0.15, 0.2) is 40.0 Å². The van der Waals surface area contributed by atoms with Gasteiger partial charge in [0.25, 0.3) is 5.78 Å². The molecule has 0 amide bonds. The number of Topliss-reactive ketones (excluding diaryl/α,β-unsaturated/α-hetero) is 1. The van der Waals surface area contributed by atoms with Gasteiger partial charge in [-0.25, -0.2) is 14.3 Å². The third-order valence-electron chi connectivity index (χ3n) is 3.79. The number of nitrogens with zero attached hydrogens (tertiary/aromatic N) is 3. The topological polar surface area (TPSA) is 99.0 Å². The number of oxazole rings is 1. The van der Waals surface area contributed by atoms with Crippen LogP contribution >= 0.6 is 0 Å². The van der Waals surface area contributed by atoms with Gasteiger partial charge in [0.05, 0.1) is 12.8 Å². The Morgan fingerprint density at radius 2 is 2.11 bits per heavy atom. The maximum atomic E-state index is 12.6. The van der Waals surface area contributed by atoms with Crippen LogP contribution in [0.2, 0.25) is 0 Å². The van der Waals surface area contributed by atoms with Gasteiger partial charge in [-0.05, 0) is 25.0 Å². The van der Waals surface area contributed by atoms with E-state index < -0.39 is 23.4 Å². The van der Waals surface area contributed by atoms with Crippen molar-refractivity contribution in [2.75, 3.05) is 6.61 Å². The number of carbonyl (C=O) groups is 1. The first-order valence-corrected chi connectivity index (χ1v) is 7.86. The summed E-state index contributed by atoms with van der Waals surface area (Å²) in [5.74, 6) is -2.71. The summed E-state index contributed by atoms with van der Waals surface area (Å²) < 4.78 is 50.0. The molecule has 0 fully saturated rings. The summed E-state index contributed by atoms with van der Waals surface area (Å²) in [7, 11) is 0. The maximum absolute atomic E-state index is 12.6. The molecule has 11 heteroatoms. The number of aromatic nitrogens is 3. The molecule has 0 atom stereocenters. The lowest BCUT2D eigenvalue weighted by atomic mass is 10.3. The van der Waals surface area contributed by atoms with Crippen LogP contribution in [-0.2, 0) is 6.54 Å². The highest BCUT2D eigenvalue weighted by atomic mass is 19.4. The fourth-order valence-corrected chi connectivity index (χ4v) is 2.49. The number of unbranched alkanes of at least 4 members (excludes halogenated alkanes) is 1. The summed E-state index contributed by atoms with van der Waals surface area (Å²) in [6.07, 6.45) is -0.925. The molecule has 3 aromatic heterocycles. The van der Waals surface area contributed by atoms with E-state index in [2.05, 4.69) is 9.40 Å². The highest BCUT2D eigenvalue weighted by Crippen LogP contribution is 2.25. The number of ketones is 1. The number of hydrogen-bond donors (Lipinski definition) is 1. The molecule has 0 saturated carbocycles. The zero-order valence-electron chi connectivity index (χ0n) is 13.8. The minimum absolute atomic E-state index is 0.0915. The Morgan fingerprint density at radius 3 is 2.78 bits per heavy atom. The average molecular weight is 385 g/mol. The van der Waals surface area contributed by atoms with Gasteiger partial charge in [0, 0.05) is 12.7 Å². The Labute approximate surface area is 149 Å². The average Bonchev–Trinajstić information content (AvgIpc) is 3.18. The third-order valence-corrected chi connectivity index (χ3v) is 3.79. The second-order valence-corrected chi connectivity index (χ2v) is 5.60. The monoisotopic (exact) mass is 385 g/mol. The molecule has 0 aliphatic carbocycles. The van der Waals surface area contributed by atoms with Crippen LogP contribution in [0.1, 0.15) is 23.3 Å². The molecule has 0 unspecified atom stereocenters. The van der Waals surface area contributed by atoms with Gasteiger partial charge in [-0.2, -0.15) is 13.2 Å². The van der Waals surface area contributed by atoms with Gasteiger partial charge in [0.2, 0.25) is 5.88 Å². The Bertz CT molecular complexity index is 1020. The van der Waals surface area contributed by atoms with Crippen molar-refractivity contribution >= 4 is 11.4 Å². The van der Waals surface area contributed by atoms with E-state index in [0.717, 1.165) is 21.4 Å². The largest absolute Gasteiger partial charge is 0.492 e. The molecule has 3 rings (SSSR count). The Morgan fingerprint density at radius 1 is 1.33 bits per heavy atom. The molecule has 1 N–H and O–H groups in total. The molecule has 8 nitrogen and oxygen atoms in total. The molecule has 0 saturated heterocycles. The summed E-state index contributed by atoms with van der Waals surface area (Å²) in [6.45, 7) is 0.421. The molecule has 0 aliphatic heterocycles. The molecule has 3 aromatic rings. The van der Waals surface area contributed by atoms with E-state index in [1.807, 2.05) is 0 Å². The lowest BCUT2D eigenvalue weighted by Crippen LogP contribution is -2.24. The number of rotatable bonds is 7. The van der Waals surface area contributed by atoms with E-state index in [4.69, 9.17) is 4.74 Å². The minimum atomic E-state index is -5.00. The van der Waals surface area contributed by atoms with E-state index in [9.17, 15) is 27.9 Å². The van der Waals surface area contributed by atoms with Gasteiger partial charge in [-0.3, -0.25) is 9.20 Å². The molecule has 0 bridgehead atoms. The standard InChI is InChI=1S/C16H14F3N3O5/c17-16(18,19)13(24)10-8-20-14-11(4-3-6-21(10)14)26-7-2-1-5-22-12(23)9-27-15(22)25/h3-4,6,8-9,23H,1-2,5,7H2. The van der Waals surface area contributed by atoms with Gasteiger partial charge >= 0.3 is 11.9 Å². The van der Waals surface area contributed by atoms with Crippen LogP contribution in [-0.4, -0.2) is 37.6 Å². The normalized spacial score (nSPS) is 11.8. The summed E-state index contributed by atoms with van der Waals surface area (Å²) in [5.41, 5.74) is -0.508. The van der Waals surface area contributed by atoms with Crippen molar-refractivity contribution in [3.05, 3.63) is 47.0 Å². The van der Waals surface area contributed by atoms with E-state index in [-0.39, 0.29) is 30.4 Å². The van der Waals surface area contributed by atoms with Crippen LogP contribution < -0.4 is 10.5 Å². The second-order valence-electron chi connectivity index (χ2n) is 5.60. The number of aromatic hydroxyl groups is 1. The van der Waals surface area contributed by atoms with Crippen molar-refractivity contribution in [3.8, 4) is 11.6 Å². The number of fused-ring (bicyclic) bond motifs is 1. The quantitative estimate of drug-likeness (QED) is 0.495. The minimum Gasteiger partial charge on any atom is -0.492 e. The predicted molar refractivity (Wildman–Crippen MR) is 84.9 cm³/mol. The first kappa shape index (κ1) is 18.5. The highest BCUT2D eigenvalue weighted by Gasteiger charge is 2.41. The molecule has 144 valence electrons. The van der Waals surface area contributed by atoms with Crippen LogP contribution in [0, 0.1) is 0 Å². The second kappa shape index (κ2) is 7.17. The van der Waals surface area contributed by atoms with E-state index in [0.29, 0.717) is 12.8 Å². The van der Waals surface area contributed by atoms with Crippen LogP contribution in [0.5, 0.6) is 11.6 Å². The number of alkyl halides is 3. The van der Waals surface area contributed by atoms with Gasteiger partial charge in [0.1, 0.15) is 5.69 Å². The Balaban J connectivity index is 1.63. The zero-order chi connectivity index (χ0) is 19.6. The first-order valence-electron chi connectivity index (χ1n) is 7.86. The molecule has 0 aromatic carbocycles. The number of ether oxygens (including phenoxy) is 1. The lowest BCUT2D eigenvalue weighted by molar-refractivity contribution is -0.0888. The molecular formula is C16H14F3N3O5. The number of imidazole rings is 1. The van der Waals surface area contributed by atoms with Gasteiger partial charge in [-0.1, -0.05) is 0 Å². The van der Waals surface area contributed by atoms with Crippen molar-refractivity contribution in [3.63, 3.8) is 0 Å². The Hall–Kier alpha value is -3.24. The summed E-state index contributed by atoms with van der Waals surface area (Å²) >= 11 is 0. The Kier molecular flexibility index (Phi) is 4.93. The smallest absolute Gasteiger partial charge is 0.456 e. The third kappa shape index (κ3) is 3.81. The maximum Gasteiger partial charge on any atom is 0.456 e. The summed E-state index contributed by atoms with van der Waals surface area (Å²) in [6, 6.07) is 2.97. The number of hydrogen-bond acceptors (Lipinski definition) is 6. The number of halogens is 3. The molecule has 27 heavy (non-hydrogen) atoms. The highest BCUT2D eigenvalue weighted by molar-refractivity contribution is 5.99. The van der Waals surface area contributed by atoms with E-state index >= 15 is 0 Å². The number of carbonyl (C=O) groups excluding carboxylic acids is 1. The van der Waals surface area contributed by atoms with Crippen molar-refractivity contribution in [1.29, 1.82) is 0 Å². The van der Waals surface area contributed by atoms with Crippen LogP contribution in [0.4, 0.5) is 13.2 Å². The summed E-state index contributed by atoms with van der Waals surface area (Å²) in [4.78, 5) is 26.6. The molecule has 0 spiro atoms. The number of pyridine rings is 1. The SMILES string of the molecule is O=C(c1cnc2c(OCCCCn3c(O)coc3=O)cccn12)C(F)(F)F. The van der Waals surface area contributed by atoms with Crippen molar-refractivity contribution in [1.82, 2.24) is 14.0 Å². The summed E-state index contributed by atoms with van der Waals surface area (Å²) in [5, 5.41) is 9.41. The fraction of sp³-hybridized carbons (Fsp3) is 0.312. The van der Waals surface area contributed by atoms with E-state index in [1.165, 1.54) is 18.3 Å². The van der Waals surface area contributed by atoms with Crippen molar-refractivity contribution in [2.24, 2.45) is 0 Å². The van der Waals surface area contributed by atoms with Gasteiger partial charge in [-0.15, -0.1) is 0 Å². The van der Waals surface area contributed by atoms with Crippen molar-refractivity contribution in [2.45, 2.75) is 25.6 Å². The first-order chi connectivity index (χ1) is 12.8. The van der Waals surface area contributed by atoms with E-state index in [1.54, 1.807) is 0 Å². The predicted octanol–water partition coefficient (Wildman–Crippen LogP) is 2.40. The fourth-order valence-electron chi connectivity index (χ4n) is 2.49.